The van der Waals surface area contributed by atoms with E-state index in [-0.39, 0.29) is 12.0 Å². The summed E-state index contributed by atoms with van der Waals surface area (Å²) in [6.45, 7) is 20.9. The van der Waals surface area contributed by atoms with Crippen LogP contribution in [0.15, 0.2) is 193 Å². The monoisotopic (exact) mass is 671 g/mol. The Kier molecular flexibility index (Phi) is 13.1. The standard InChI is InChI=1S/C48H53N3/c1-7-9-16-34(3)35(4)22-23-36(5)48(49)51-47(29-26-38-24-27-39(28-25-38)42-18-14-30-50-33-42)41(15-8-2)31-37(6)46-32-40-17-10-11-19-43(40)44-20-12-13-21-45(44)46/h7,9-21,24,26-31,33,38,44-47H,1,3-5,8,22-23,25,32H2,2,6H3,(H2,49,51)/b16-9-,29-26+,37-31+,41-15+. The summed E-state index contributed by atoms with van der Waals surface area (Å²) >= 11 is 0. The lowest BCUT2D eigenvalue weighted by Crippen LogP contribution is -2.29. The molecular weight excluding hydrogens is 619 g/mol. The van der Waals surface area contributed by atoms with E-state index in [2.05, 4.69) is 142 Å². The van der Waals surface area contributed by atoms with Crippen LogP contribution in [-0.4, -0.2) is 16.9 Å². The number of pyridine rings is 1. The second-order valence-electron chi connectivity index (χ2n) is 13.7. The van der Waals surface area contributed by atoms with E-state index >= 15 is 0 Å². The van der Waals surface area contributed by atoms with Gasteiger partial charge < -0.3 is 5.73 Å². The Morgan fingerprint density at radius 2 is 1.84 bits per heavy atom. The molecule has 3 nitrogen and oxygen atoms in total. The zero-order chi connectivity index (χ0) is 36.2. The molecule has 5 atom stereocenters. The summed E-state index contributed by atoms with van der Waals surface area (Å²) in [7, 11) is 0. The predicted molar refractivity (Wildman–Crippen MR) is 220 cm³/mol. The van der Waals surface area contributed by atoms with Gasteiger partial charge in [-0.25, -0.2) is 0 Å². The molecule has 1 aromatic heterocycles. The molecule has 0 saturated heterocycles. The third-order valence-electron chi connectivity index (χ3n) is 10.2. The molecule has 0 aliphatic heterocycles. The van der Waals surface area contributed by atoms with Gasteiger partial charge in [0.15, 0.2) is 0 Å². The first-order chi connectivity index (χ1) is 24.8. The lowest BCUT2D eigenvalue weighted by molar-refractivity contribution is 0.385. The second-order valence-corrected chi connectivity index (χ2v) is 13.7. The van der Waals surface area contributed by atoms with Crippen molar-refractivity contribution in [2.45, 2.75) is 57.9 Å². The number of fused-ring (bicyclic) bond motifs is 3. The van der Waals surface area contributed by atoms with Gasteiger partial charge in [-0.3, -0.25) is 9.98 Å². The lowest BCUT2D eigenvalue weighted by atomic mass is 9.65. The molecule has 3 heteroatoms. The number of benzene rings is 1. The van der Waals surface area contributed by atoms with Crippen LogP contribution in [0.1, 0.15) is 62.1 Å². The first kappa shape index (κ1) is 37.0. The van der Waals surface area contributed by atoms with Crippen molar-refractivity contribution in [1.29, 1.82) is 0 Å². The summed E-state index contributed by atoms with van der Waals surface area (Å²) in [5, 5.41) is 0. The van der Waals surface area contributed by atoms with Crippen molar-refractivity contribution in [3.63, 3.8) is 0 Å². The molecule has 0 spiro atoms. The Hall–Kier alpha value is -5.28. The molecule has 2 aromatic rings. The van der Waals surface area contributed by atoms with Gasteiger partial charge in [0.2, 0.25) is 0 Å². The van der Waals surface area contributed by atoms with Gasteiger partial charge in [-0.05, 0) is 107 Å². The highest BCUT2D eigenvalue weighted by atomic mass is 14.9. The average molecular weight is 672 g/mol. The number of allylic oxidation sites excluding steroid dienone is 16. The van der Waals surface area contributed by atoms with E-state index < -0.39 is 0 Å². The number of hydrogen-bond acceptors (Lipinski definition) is 2. The van der Waals surface area contributed by atoms with Gasteiger partial charge in [-0.15, -0.1) is 0 Å². The van der Waals surface area contributed by atoms with Crippen LogP contribution in [0.25, 0.3) is 5.57 Å². The van der Waals surface area contributed by atoms with Crippen LogP contribution >= 0.6 is 0 Å². The Balaban J connectivity index is 1.42. The summed E-state index contributed by atoms with van der Waals surface area (Å²) in [5.74, 6) is 1.93. The van der Waals surface area contributed by atoms with Crippen LogP contribution < -0.4 is 5.73 Å². The summed E-state index contributed by atoms with van der Waals surface area (Å²) in [4.78, 5) is 9.47. The topological polar surface area (TPSA) is 51.3 Å². The fraction of sp³-hybridized carbons (Fsp3) is 0.250. The highest BCUT2D eigenvalue weighted by Gasteiger charge is 2.35. The molecule has 51 heavy (non-hydrogen) atoms. The molecule has 2 N–H and O–H groups in total. The zero-order valence-corrected chi connectivity index (χ0v) is 30.4. The van der Waals surface area contributed by atoms with E-state index in [4.69, 9.17) is 10.7 Å². The molecular formula is C48H53N3. The van der Waals surface area contributed by atoms with Crippen molar-refractivity contribution >= 4 is 11.4 Å². The maximum atomic E-state index is 6.74. The van der Waals surface area contributed by atoms with Crippen LogP contribution in [0.5, 0.6) is 0 Å². The fourth-order valence-corrected chi connectivity index (χ4v) is 7.21. The zero-order valence-electron chi connectivity index (χ0n) is 30.4. The molecule has 0 fully saturated rings. The van der Waals surface area contributed by atoms with E-state index in [0.29, 0.717) is 36.4 Å². The SMILES string of the molecule is C=C/C=C\C(=C)C(=C)CCC(=C)C(N)=NC(/C=C/C1C=CC(c2cccnc2)=CC1)C(=C/CC)/C=C(\C)C1Cc2ccccc2C2C=CC=CC12. The maximum absolute atomic E-state index is 6.74. The van der Waals surface area contributed by atoms with E-state index in [0.717, 1.165) is 47.1 Å². The molecule has 260 valence electrons. The van der Waals surface area contributed by atoms with Crippen molar-refractivity contribution in [2.75, 3.05) is 0 Å². The van der Waals surface area contributed by atoms with Crippen LogP contribution in [-0.2, 0) is 6.42 Å². The minimum Gasteiger partial charge on any atom is -0.384 e. The van der Waals surface area contributed by atoms with Gasteiger partial charge in [0.1, 0.15) is 5.84 Å². The smallest absolute Gasteiger partial charge is 0.121 e. The Morgan fingerprint density at radius 3 is 2.59 bits per heavy atom. The Labute approximate surface area is 306 Å². The average Bonchev–Trinajstić information content (AvgIpc) is 3.17. The molecule has 0 amide bonds. The molecule has 1 heterocycles. The van der Waals surface area contributed by atoms with E-state index in [9.17, 15) is 0 Å². The van der Waals surface area contributed by atoms with Gasteiger partial charge >= 0.3 is 0 Å². The van der Waals surface area contributed by atoms with Gasteiger partial charge in [0.05, 0.1) is 6.04 Å². The summed E-state index contributed by atoms with van der Waals surface area (Å²) in [5.41, 5.74) is 17.1. The molecule has 3 aliphatic rings. The number of aromatic nitrogens is 1. The largest absolute Gasteiger partial charge is 0.384 e. The molecule has 5 unspecified atom stereocenters. The van der Waals surface area contributed by atoms with Crippen molar-refractivity contribution in [2.24, 2.45) is 28.5 Å². The number of rotatable bonds is 15. The summed E-state index contributed by atoms with van der Waals surface area (Å²) in [6.07, 6.45) is 38.6. The molecule has 5 rings (SSSR count). The fourth-order valence-electron chi connectivity index (χ4n) is 7.21. The van der Waals surface area contributed by atoms with Crippen LogP contribution in [0.4, 0.5) is 0 Å². The second kappa shape index (κ2) is 18.1. The summed E-state index contributed by atoms with van der Waals surface area (Å²) in [6, 6.07) is 12.8. The van der Waals surface area contributed by atoms with Gasteiger partial charge in [0, 0.05) is 18.3 Å². The molecule has 0 radical (unpaired) electrons. The maximum Gasteiger partial charge on any atom is 0.121 e. The van der Waals surface area contributed by atoms with Gasteiger partial charge in [0.25, 0.3) is 0 Å². The number of nitrogens with zero attached hydrogens (tertiary/aromatic N) is 2. The van der Waals surface area contributed by atoms with Crippen molar-refractivity contribution in [1.82, 2.24) is 4.98 Å². The highest BCUT2D eigenvalue weighted by Crippen LogP contribution is 2.45. The highest BCUT2D eigenvalue weighted by molar-refractivity contribution is 5.96. The van der Waals surface area contributed by atoms with Crippen molar-refractivity contribution < 1.29 is 0 Å². The number of nitrogens with two attached hydrogens (primary N) is 1. The first-order valence-corrected chi connectivity index (χ1v) is 18.2. The van der Waals surface area contributed by atoms with E-state index in [1.54, 1.807) is 6.08 Å². The molecule has 0 bridgehead atoms. The third-order valence-corrected chi connectivity index (χ3v) is 10.2. The molecule has 3 aliphatic carbocycles. The van der Waals surface area contributed by atoms with Crippen molar-refractivity contribution in [3.8, 4) is 0 Å². The van der Waals surface area contributed by atoms with E-state index in [1.165, 1.54) is 22.3 Å². The minimum absolute atomic E-state index is 0.254. The first-order valence-electron chi connectivity index (χ1n) is 18.2. The molecule has 0 saturated carbocycles. The number of amidine groups is 1. The minimum atomic E-state index is -0.254. The van der Waals surface area contributed by atoms with Crippen LogP contribution in [0.2, 0.25) is 0 Å². The van der Waals surface area contributed by atoms with Gasteiger partial charge in [-0.2, -0.15) is 0 Å². The van der Waals surface area contributed by atoms with Crippen LogP contribution in [0, 0.1) is 17.8 Å². The molecule has 1 aromatic carbocycles. The predicted octanol–water partition coefficient (Wildman–Crippen LogP) is 11.5. The number of aliphatic imine (C=N–C) groups is 1. The Bertz CT molecular complexity index is 1880. The Morgan fingerprint density at radius 1 is 1.04 bits per heavy atom. The number of hydrogen-bond donors (Lipinski definition) is 1. The van der Waals surface area contributed by atoms with Crippen molar-refractivity contribution in [3.05, 3.63) is 205 Å². The lowest BCUT2D eigenvalue weighted by Gasteiger charge is -2.39. The quantitative estimate of drug-likeness (QED) is 0.0887. The summed E-state index contributed by atoms with van der Waals surface area (Å²) < 4.78 is 0. The van der Waals surface area contributed by atoms with Crippen LogP contribution in [0.3, 0.4) is 0 Å². The van der Waals surface area contributed by atoms with Gasteiger partial charge in [-0.1, -0.05) is 154 Å². The third kappa shape index (κ3) is 9.70. The normalized spacial score (nSPS) is 22.4. The van der Waals surface area contributed by atoms with E-state index in [1.807, 2.05) is 30.6 Å².